The second kappa shape index (κ2) is 4.32. The van der Waals surface area contributed by atoms with Crippen molar-refractivity contribution in [3.05, 3.63) is 42.5 Å². The van der Waals surface area contributed by atoms with E-state index in [1.165, 1.54) is 17.1 Å². The van der Waals surface area contributed by atoms with Crippen LogP contribution in [-0.2, 0) is 11.5 Å². The maximum absolute atomic E-state index is 11.4. The maximum atomic E-state index is 11.4. The van der Waals surface area contributed by atoms with Crippen LogP contribution in [0, 0.1) is 0 Å². The van der Waals surface area contributed by atoms with Gasteiger partial charge in [-0.3, -0.25) is 4.98 Å². The van der Waals surface area contributed by atoms with Gasteiger partial charge in [0.05, 0.1) is 11.8 Å². The molecule has 76 valence electrons. The molecule has 0 aliphatic carbocycles. The van der Waals surface area contributed by atoms with E-state index in [9.17, 15) is 4.79 Å². The van der Waals surface area contributed by atoms with Crippen molar-refractivity contribution in [2.24, 2.45) is 0 Å². The summed E-state index contributed by atoms with van der Waals surface area (Å²) in [7, 11) is 0. The number of hydrogen-bond acceptors (Lipinski definition) is 5. The molecule has 2 rings (SSSR count). The van der Waals surface area contributed by atoms with Crippen molar-refractivity contribution in [2.75, 3.05) is 0 Å². The van der Waals surface area contributed by atoms with Crippen molar-refractivity contribution < 1.29 is 9.53 Å². The van der Waals surface area contributed by atoms with Gasteiger partial charge in [0.15, 0.2) is 6.73 Å². The Morgan fingerprint density at radius 3 is 3.07 bits per heavy atom. The highest BCUT2D eigenvalue weighted by Crippen LogP contribution is 1.99. The smallest absolute Gasteiger partial charge is 0.341 e. The predicted molar refractivity (Wildman–Crippen MR) is 49.7 cm³/mol. The normalized spacial score (nSPS) is 9.87. The molecule has 0 radical (unpaired) electrons. The van der Waals surface area contributed by atoms with E-state index in [0.717, 1.165) is 0 Å². The highest BCUT2D eigenvalue weighted by atomic mass is 16.5. The summed E-state index contributed by atoms with van der Waals surface area (Å²) in [6.07, 6.45) is 6.16. The average molecular weight is 204 g/mol. The Morgan fingerprint density at radius 2 is 2.40 bits per heavy atom. The second-order valence-corrected chi connectivity index (χ2v) is 2.75. The zero-order chi connectivity index (χ0) is 10.5. The first kappa shape index (κ1) is 9.32. The Balaban J connectivity index is 1.94. The van der Waals surface area contributed by atoms with E-state index in [-0.39, 0.29) is 6.73 Å². The Morgan fingerprint density at radius 1 is 1.47 bits per heavy atom. The molecule has 0 saturated carbocycles. The van der Waals surface area contributed by atoms with Gasteiger partial charge in [0.1, 0.15) is 0 Å². The van der Waals surface area contributed by atoms with Crippen LogP contribution in [0.5, 0.6) is 0 Å². The van der Waals surface area contributed by atoms with Crippen LogP contribution < -0.4 is 0 Å². The molecule has 6 nitrogen and oxygen atoms in total. The van der Waals surface area contributed by atoms with Gasteiger partial charge in [-0.05, 0) is 12.1 Å². The molecule has 15 heavy (non-hydrogen) atoms. The molecule has 0 N–H and O–H groups in total. The summed E-state index contributed by atoms with van der Waals surface area (Å²) in [5.74, 6) is -0.432. The number of esters is 1. The molecule has 0 amide bonds. The van der Waals surface area contributed by atoms with Crippen LogP contribution in [0.1, 0.15) is 10.4 Å². The number of nitrogens with zero attached hydrogens (tertiary/aromatic N) is 4. The highest BCUT2D eigenvalue weighted by Gasteiger charge is 2.06. The van der Waals surface area contributed by atoms with Gasteiger partial charge < -0.3 is 4.74 Å². The summed E-state index contributed by atoms with van der Waals surface area (Å²) in [6.45, 7) is 0.0493. The van der Waals surface area contributed by atoms with Gasteiger partial charge in [0.25, 0.3) is 0 Å². The Labute approximate surface area is 85.5 Å². The number of carbonyl (C=O) groups is 1. The largest absolute Gasteiger partial charge is 0.439 e. The van der Waals surface area contributed by atoms with Gasteiger partial charge in [-0.25, -0.2) is 9.48 Å². The first-order valence-corrected chi connectivity index (χ1v) is 4.27. The third kappa shape index (κ3) is 2.37. The van der Waals surface area contributed by atoms with Crippen LogP contribution >= 0.6 is 0 Å². The first-order chi connectivity index (χ1) is 7.36. The van der Waals surface area contributed by atoms with Crippen LogP contribution in [0.2, 0.25) is 0 Å². The molecular weight excluding hydrogens is 196 g/mol. The fourth-order valence-corrected chi connectivity index (χ4v) is 0.993. The standard InChI is InChI=1S/C9H8N4O2/c14-9(8-2-1-3-10-6-8)15-7-13-5-4-11-12-13/h1-6H,7H2. The molecule has 2 heterocycles. The lowest BCUT2D eigenvalue weighted by Gasteiger charge is -2.02. The summed E-state index contributed by atoms with van der Waals surface area (Å²) >= 11 is 0. The van der Waals surface area contributed by atoms with E-state index in [4.69, 9.17) is 4.74 Å². The molecule has 0 aliphatic rings. The van der Waals surface area contributed by atoms with Crippen molar-refractivity contribution in [1.82, 2.24) is 20.0 Å². The number of carbonyl (C=O) groups excluding carboxylic acids is 1. The van der Waals surface area contributed by atoms with Crippen LogP contribution in [0.4, 0.5) is 0 Å². The van der Waals surface area contributed by atoms with E-state index in [1.807, 2.05) is 0 Å². The van der Waals surface area contributed by atoms with Crippen LogP contribution in [0.25, 0.3) is 0 Å². The first-order valence-electron chi connectivity index (χ1n) is 4.27. The molecule has 0 fully saturated rings. The fraction of sp³-hybridized carbons (Fsp3) is 0.111. The topological polar surface area (TPSA) is 69.9 Å². The summed E-state index contributed by atoms with van der Waals surface area (Å²) in [5.41, 5.74) is 0.414. The minimum atomic E-state index is -0.432. The zero-order valence-electron chi connectivity index (χ0n) is 7.78. The number of pyridine rings is 1. The molecule has 0 atom stereocenters. The van der Waals surface area contributed by atoms with Crippen molar-refractivity contribution in [2.45, 2.75) is 6.73 Å². The number of aromatic nitrogens is 4. The van der Waals surface area contributed by atoms with Gasteiger partial charge in [-0.15, -0.1) is 5.10 Å². The molecule has 2 aromatic rings. The van der Waals surface area contributed by atoms with Gasteiger partial charge in [-0.1, -0.05) is 5.21 Å². The molecule has 0 aliphatic heterocycles. The molecule has 0 bridgehead atoms. The predicted octanol–water partition coefficient (Wildman–Crippen LogP) is 0.488. The molecule has 0 aromatic carbocycles. The third-order valence-corrected chi connectivity index (χ3v) is 1.70. The molecule has 6 heteroatoms. The SMILES string of the molecule is O=C(OCn1ccnn1)c1cccnc1. The van der Waals surface area contributed by atoms with Crippen LogP contribution in [-0.4, -0.2) is 25.9 Å². The molecule has 0 unspecified atom stereocenters. The lowest BCUT2D eigenvalue weighted by molar-refractivity contribution is 0.0346. The van der Waals surface area contributed by atoms with Crippen LogP contribution in [0.15, 0.2) is 36.9 Å². The van der Waals surface area contributed by atoms with Gasteiger partial charge in [0, 0.05) is 18.6 Å². The fourth-order valence-electron chi connectivity index (χ4n) is 0.993. The second-order valence-electron chi connectivity index (χ2n) is 2.75. The van der Waals surface area contributed by atoms with E-state index in [2.05, 4.69) is 15.3 Å². The lowest BCUT2D eigenvalue weighted by Crippen LogP contribution is -2.10. The zero-order valence-corrected chi connectivity index (χ0v) is 7.78. The monoisotopic (exact) mass is 204 g/mol. The van der Waals surface area contributed by atoms with E-state index in [0.29, 0.717) is 5.56 Å². The van der Waals surface area contributed by atoms with Crippen LogP contribution in [0.3, 0.4) is 0 Å². The Kier molecular flexibility index (Phi) is 2.68. The van der Waals surface area contributed by atoms with Gasteiger partial charge >= 0.3 is 5.97 Å². The van der Waals surface area contributed by atoms with E-state index in [1.54, 1.807) is 24.5 Å². The Bertz CT molecular complexity index is 427. The lowest BCUT2D eigenvalue weighted by atomic mass is 10.3. The number of ether oxygens (including phenoxy) is 1. The Hall–Kier alpha value is -2.24. The molecular formula is C9H8N4O2. The molecule has 2 aromatic heterocycles. The van der Waals surface area contributed by atoms with Gasteiger partial charge in [-0.2, -0.15) is 0 Å². The summed E-state index contributed by atoms with van der Waals surface area (Å²) in [4.78, 5) is 15.2. The number of hydrogen-bond donors (Lipinski definition) is 0. The number of rotatable bonds is 3. The minimum Gasteiger partial charge on any atom is -0.439 e. The average Bonchev–Trinajstić information content (AvgIpc) is 2.80. The maximum Gasteiger partial charge on any atom is 0.341 e. The van der Waals surface area contributed by atoms with E-state index < -0.39 is 5.97 Å². The quantitative estimate of drug-likeness (QED) is 0.680. The molecule has 0 spiro atoms. The summed E-state index contributed by atoms with van der Waals surface area (Å²) in [6, 6.07) is 3.31. The highest BCUT2D eigenvalue weighted by molar-refractivity contribution is 5.88. The van der Waals surface area contributed by atoms with Crippen molar-refractivity contribution in [1.29, 1.82) is 0 Å². The van der Waals surface area contributed by atoms with Crippen molar-refractivity contribution in [3.63, 3.8) is 0 Å². The van der Waals surface area contributed by atoms with E-state index >= 15 is 0 Å². The van der Waals surface area contributed by atoms with Crippen molar-refractivity contribution in [3.8, 4) is 0 Å². The third-order valence-electron chi connectivity index (χ3n) is 1.70. The summed E-state index contributed by atoms with van der Waals surface area (Å²) in [5, 5.41) is 7.24. The van der Waals surface area contributed by atoms with Crippen molar-refractivity contribution >= 4 is 5.97 Å². The molecule has 0 saturated heterocycles. The summed E-state index contributed by atoms with van der Waals surface area (Å²) < 4.78 is 6.36. The minimum absolute atomic E-state index is 0.0493. The van der Waals surface area contributed by atoms with Gasteiger partial charge in [0.2, 0.25) is 0 Å².